The Labute approximate surface area is 168 Å². The van der Waals surface area contributed by atoms with Gasteiger partial charge in [-0.2, -0.15) is 0 Å². The quantitative estimate of drug-likeness (QED) is 0.549. The maximum absolute atomic E-state index is 12.9. The van der Waals surface area contributed by atoms with E-state index in [-0.39, 0.29) is 18.2 Å². The molecular weight excluding hydrogens is 368 g/mol. The number of carbonyl (C=O) groups excluding carboxylic acids is 1. The fourth-order valence-electron chi connectivity index (χ4n) is 3.19. The molecule has 0 aliphatic rings. The van der Waals surface area contributed by atoms with Gasteiger partial charge in [-0.3, -0.25) is 10.1 Å². The minimum atomic E-state index is -0.389. The van der Waals surface area contributed by atoms with Crippen LogP contribution in [0, 0.1) is 20.8 Å². The molecule has 0 radical (unpaired) electrons. The van der Waals surface area contributed by atoms with Gasteiger partial charge >= 0.3 is 0 Å². The number of aryl methyl sites for hydroxylation is 3. The number of para-hydroxylation sites is 2. The third-order valence-corrected chi connectivity index (χ3v) is 5.14. The average Bonchev–Trinajstić information content (AvgIpc) is 3.23. The van der Waals surface area contributed by atoms with E-state index in [1.54, 1.807) is 6.92 Å². The maximum Gasteiger partial charge on any atom is 0.280 e. The first kappa shape index (κ1) is 18.7. The number of benzene rings is 2. The second kappa shape index (κ2) is 7.43. The molecule has 0 aliphatic carbocycles. The molecule has 1 amide bonds. The Morgan fingerprint density at radius 2 is 1.93 bits per heavy atom. The lowest BCUT2D eigenvalue weighted by atomic mass is 10.1. The molecule has 0 saturated heterocycles. The van der Waals surface area contributed by atoms with E-state index >= 15 is 0 Å². The molecule has 0 spiro atoms. The molecule has 7 nitrogen and oxygen atoms in total. The van der Waals surface area contributed by atoms with E-state index in [2.05, 4.69) is 15.5 Å². The van der Waals surface area contributed by atoms with Gasteiger partial charge in [0.1, 0.15) is 18.1 Å². The van der Waals surface area contributed by atoms with Crippen molar-refractivity contribution in [3.8, 4) is 5.75 Å². The molecule has 4 rings (SSSR count). The van der Waals surface area contributed by atoms with E-state index in [0.29, 0.717) is 17.3 Å². The second-order valence-electron chi connectivity index (χ2n) is 6.99. The van der Waals surface area contributed by atoms with Crippen LogP contribution < -0.4 is 10.1 Å². The van der Waals surface area contributed by atoms with Crippen molar-refractivity contribution in [2.75, 3.05) is 5.32 Å². The zero-order valence-corrected chi connectivity index (χ0v) is 16.8. The number of ether oxygens (including phenoxy) is 1. The fraction of sp³-hybridized carbons (Fsp3) is 0.227. The number of anilines is 1. The Balaban J connectivity index is 1.56. The van der Waals surface area contributed by atoms with Gasteiger partial charge in [-0.15, -0.1) is 0 Å². The van der Waals surface area contributed by atoms with Crippen molar-refractivity contribution in [3.63, 3.8) is 0 Å². The number of hydrogen-bond donors (Lipinski definition) is 1. The van der Waals surface area contributed by atoms with Crippen LogP contribution in [0.15, 0.2) is 47.0 Å². The summed E-state index contributed by atoms with van der Waals surface area (Å²) >= 11 is 0. The van der Waals surface area contributed by atoms with Crippen LogP contribution in [0.1, 0.15) is 32.9 Å². The predicted octanol–water partition coefficient (Wildman–Crippen LogP) is 4.32. The lowest BCUT2D eigenvalue weighted by molar-refractivity contribution is 0.101. The summed E-state index contributed by atoms with van der Waals surface area (Å²) in [6.45, 7) is 5.98. The molecule has 4 aromatic rings. The molecule has 148 valence electrons. The summed E-state index contributed by atoms with van der Waals surface area (Å²) in [6, 6.07) is 13.6. The number of amides is 1. The first-order chi connectivity index (χ1) is 14.0. The van der Waals surface area contributed by atoms with Crippen LogP contribution >= 0.6 is 0 Å². The minimum Gasteiger partial charge on any atom is -0.488 e. The van der Waals surface area contributed by atoms with Crippen LogP contribution in [0.5, 0.6) is 5.75 Å². The maximum atomic E-state index is 12.9. The van der Waals surface area contributed by atoms with Crippen molar-refractivity contribution in [2.24, 2.45) is 7.05 Å². The van der Waals surface area contributed by atoms with Gasteiger partial charge in [-0.05, 0) is 50.1 Å². The van der Waals surface area contributed by atoms with Crippen LogP contribution in [0.2, 0.25) is 0 Å². The molecular formula is C22H22N4O3. The predicted molar refractivity (Wildman–Crippen MR) is 110 cm³/mol. The van der Waals surface area contributed by atoms with Gasteiger partial charge in [0.25, 0.3) is 5.91 Å². The fourth-order valence-corrected chi connectivity index (χ4v) is 3.19. The number of nitrogens with zero attached hydrogens (tertiary/aromatic N) is 3. The highest BCUT2D eigenvalue weighted by atomic mass is 16.5. The molecule has 0 fully saturated rings. The molecule has 0 aliphatic heterocycles. The lowest BCUT2D eigenvalue weighted by Gasteiger charge is -2.11. The number of aromatic nitrogens is 3. The van der Waals surface area contributed by atoms with Gasteiger partial charge < -0.3 is 13.8 Å². The molecule has 2 heterocycles. The van der Waals surface area contributed by atoms with E-state index < -0.39 is 0 Å². The SMILES string of the molecule is Cc1cccc(OCc2c(C(=O)Nc3nc4ccccc4n3C)noc2C)c1C. The topological polar surface area (TPSA) is 82.2 Å². The van der Waals surface area contributed by atoms with E-state index in [0.717, 1.165) is 27.9 Å². The zero-order chi connectivity index (χ0) is 20.5. The Morgan fingerprint density at radius 3 is 2.72 bits per heavy atom. The number of nitrogens with one attached hydrogen (secondary N) is 1. The number of carbonyl (C=O) groups is 1. The molecule has 7 heteroatoms. The number of hydrogen-bond acceptors (Lipinski definition) is 5. The van der Waals surface area contributed by atoms with Crippen molar-refractivity contribution in [1.29, 1.82) is 0 Å². The summed E-state index contributed by atoms with van der Waals surface area (Å²) in [5.74, 6) is 1.37. The summed E-state index contributed by atoms with van der Waals surface area (Å²) < 4.78 is 13.0. The Morgan fingerprint density at radius 1 is 1.14 bits per heavy atom. The second-order valence-corrected chi connectivity index (χ2v) is 6.99. The minimum absolute atomic E-state index is 0.185. The van der Waals surface area contributed by atoms with E-state index in [1.807, 2.05) is 67.9 Å². The van der Waals surface area contributed by atoms with Crippen LogP contribution in [0.25, 0.3) is 11.0 Å². The number of fused-ring (bicyclic) bond motifs is 1. The highest BCUT2D eigenvalue weighted by molar-refractivity contribution is 6.03. The van der Waals surface area contributed by atoms with Crippen LogP contribution in [-0.2, 0) is 13.7 Å². The number of rotatable bonds is 5. The summed E-state index contributed by atoms with van der Waals surface area (Å²) in [7, 11) is 1.85. The smallest absolute Gasteiger partial charge is 0.280 e. The molecule has 0 unspecified atom stereocenters. The van der Waals surface area contributed by atoms with Crippen molar-refractivity contribution in [3.05, 3.63) is 70.6 Å². The Kier molecular flexibility index (Phi) is 4.80. The van der Waals surface area contributed by atoms with E-state index in [1.165, 1.54) is 0 Å². The van der Waals surface area contributed by atoms with Crippen LogP contribution in [0.3, 0.4) is 0 Å². The molecule has 29 heavy (non-hydrogen) atoms. The molecule has 1 N–H and O–H groups in total. The van der Waals surface area contributed by atoms with Gasteiger partial charge in [-0.1, -0.05) is 29.4 Å². The van der Waals surface area contributed by atoms with Crippen molar-refractivity contribution in [1.82, 2.24) is 14.7 Å². The lowest BCUT2D eigenvalue weighted by Crippen LogP contribution is -2.17. The Bertz CT molecular complexity index is 1210. The van der Waals surface area contributed by atoms with Gasteiger partial charge in [0.05, 0.1) is 16.6 Å². The molecule has 0 bridgehead atoms. The first-order valence-electron chi connectivity index (χ1n) is 9.32. The summed E-state index contributed by atoms with van der Waals surface area (Å²) in [6.07, 6.45) is 0. The first-order valence-corrected chi connectivity index (χ1v) is 9.32. The van der Waals surface area contributed by atoms with Crippen LogP contribution in [-0.4, -0.2) is 20.6 Å². The van der Waals surface area contributed by atoms with Crippen molar-refractivity contribution >= 4 is 22.9 Å². The van der Waals surface area contributed by atoms with E-state index in [4.69, 9.17) is 9.26 Å². The Hall–Kier alpha value is -3.61. The standard InChI is InChI=1S/C22H22N4O3/c1-13-8-7-11-19(14(13)2)28-12-16-15(3)29-25-20(16)21(27)24-22-23-17-9-5-6-10-18(17)26(22)4/h5-11H,12H2,1-4H3,(H,23,24,27). The highest BCUT2D eigenvalue weighted by Crippen LogP contribution is 2.24. The largest absolute Gasteiger partial charge is 0.488 e. The molecule has 0 saturated carbocycles. The molecule has 2 aromatic heterocycles. The van der Waals surface area contributed by atoms with Crippen molar-refractivity contribution in [2.45, 2.75) is 27.4 Å². The summed E-state index contributed by atoms with van der Waals surface area (Å²) in [4.78, 5) is 17.3. The van der Waals surface area contributed by atoms with E-state index in [9.17, 15) is 4.79 Å². The van der Waals surface area contributed by atoms with Gasteiger partial charge in [0, 0.05) is 7.05 Å². The van der Waals surface area contributed by atoms with Gasteiger partial charge in [0.2, 0.25) is 5.95 Å². The van der Waals surface area contributed by atoms with Gasteiger partial charge in [0.15, 0.2) is 5.69 Å². The zero-order valence-electron chi connectivity index (χ0n) is 16.8. The third kappa shape index (κ3) is 3.47. The molecule has 0 atom stereocenters. The van der Waals surface area contributed by atoms with Gasteiger partial charge in [-0.25, -0.2) is 4.98 Å². The summed E-state index contributed by atoms with van der Waals surface area (Å²) in [5.41, 5.74) is 4.75. The normalized spacial score (nSPS) is 11.0. The summed E-state index contributed by atoms with van der Waals surface area (Å²) in [5, 5.41) is 6.77. The van der Waals surface area contributed by atoms with Crippen LogP contribution in [0.4, 0.5) is 5.95 Å². The average molecular weight is 390 g/mol. The highest BCUT2D eigenvalue weighted by Gasteiger charge is 2.22. The third-order valence-electron chi connectivity index (χ3n) is 5.14. The number of imidazole rings is 1. The monoisotopic (exact) mass is 390 g/mol. The molecule has 2 aromatic carbocycles. The van der Waals surface area contributed by atoms with Crippen molar-refractivity contribution < 1.29 is 14.1 Å².